The van der Waals surface area contributed by atoms with Crippen molar-refractivity contribution in [1.29, 1.82) is 0 Å². The zero-order valence-electron chi connectivity index (χ0n) is 14.5. The fourth-order valence-electron chi connectivity index (χ4n) is 4.07. The second kappa shape index (κ2) is 7.30. The lowest BCUT2D eigenvalue weighted by molar-refractivity contribution is 0.0649. The maximum atomic E-state index is 12.9. The predicted molar refractivity (Wildman–Crippen MR) is 92.0 cm³/mol. The van der Waals surface area contributed by atoms with Gasteiger partial charge in [0, 0.05) is 31.9 Å². The lowest BCUT2D eigenvalue weighted by atomic mass is 10.0. The number of hydrogen-bond donors (Lipinski definition) is 1. The Morgan fingerprint density at radius 1 is 1.21 bits per heavy atom. The number of likely N-dealkylation sites (tertiary alicyclic amines) is 2. The lowest BCUT2D eigenvalue weighted by Crippen LogP contribution is -2.48. The van der Waals surface area contributed by atoms with Crippen molar-refractivity contribution in [2.45, 2.75) is 44.7 Å². The minimum atomic E-state index is -0.238. The molecule has 1 aromatic rings. The molecule has 6 nitrogen and oxygen atoms in total. The van der Waals surface area contributed by atoms with Crippen molar-refractivity contribution in [3.63, 3.8) is 0 Å². The first-order valence-electron chi connectivity index (χ1n) is 8.89. The normalized spacial score (nSPS) is 24.3. The van der Waals surface area contributed by atoms with Crippen molar-refractivity contribution in [2.75, 3.05) is 26.7 Å². The van der Waals surface area contributed by atoms with Crippen molar-refractivity contribution in [2.24, 2.45) is 0 Å². The van der Waals surface area contributed by atoms with E-state index >= 15 is 0 Å². The SMILES string of the molecule is CCN1CCC[C@@H]1[C@H]1CCCN1C(=O)c1ccc(C(=O)NC)nc1. The van der Waals surface area contributed by atoms with Gasteiger partial charge in [-0.1, -0.05) is 6.92 Å². The number of carbonyl (C=O) groups is 2. The van der Waals surface area contributed by atoms with Crippen LogP contribution < -0.4 is 5.32 Å². The smallest absolute Gasteiger partial charge is 0.269 e. The van der Waals surface area contributed by atoms with Crippen LogP contribution in [0.4, 0.5) is 0 Å². The topological polar surface area (TPSA) is 65.5 Å². The van der Waals surface area contributed by atoms with E-state index in [1.54, 1.807) is 19.2 Å². The van der Waals surface area contributed by atoms with Crippen molar-refractivity contribution >= 4 is 11.8 Å². The largest absolute Gasteiger partial charge is 0.354 e. The molecule has 2 aliphatic heterocycles. The van der Waals surface area contributed by atoms with Crippen LogP contribution in [0.1, 0.15) is 53.5 Å². The number of nitrogens with zero attached hydrogens (tertiary/aromatic N) is 3. The Morgan fingerprint density at radius 3 is 2.62 bits per heavy atom. The first kappa shape index (κ1) is 16.9. The summed E-state index contributed by atoms with van der Waals surface area (Å²) in [5.74, 6) is -0.200. The molecule has 2 fully saturated rings. The Labute approximate surface area is 143 Å². The molecule has 1 N–H and O–H groups in total. The van der Waals surface area contributed by atoms with Gasteiger partial charge in [0.15, 0.2) is 0 Å². The van der Waals surface area contributed by atoms with E-state index in [1.165, 1.54) is 19.0 Å². The molecule has 2 atom stereocenters. The fraction of sp³-hybridized carbons (Fsp3) is 0.611. The number of amides is 2. The Balaban J connectivity index is 1.75. The molecule has 0 bridgehead atoms. The molecular formula is C18H26N4O2. The number of pyridine rings is 1. The molecule has 130 valence electrons. The second-order valence-electron chi connectivity index (χ2n) is 6.56. The molecule has 2 amide bonds. The Kier molecular flexibility index (Phi) is 5.14. The molecule has 3 heterocycles. The Morgan fingerprint density at radius 2 is 1.96 bits per heavy atom. The predicted octanol–water partition coefficient (Wildman–Crippen LogP) is 1.53. The van der Waals surface area contributed by atoms with Crippen LogP contribution in [0, 0.1) is 0 Å². The zero-order chi connectivity index (χ0) is 17.1. The molecule has 24 heavy (non-hydrogen) atoms. The van der Waals surface area contributed by atoms with E-state index in [9.17, 15) is 9.59 Å². The van der Waals surface area contributed by atoms with Gasteiger partial charge in [-0.15, -0.1) is 0 Å². The van der Waals surface area contributed by atoms with Gasteiger partial charge in [-0.05, 0) is 50.9 Å². The van der Waals surface area contributed by atoms with Gasteiger partial charge in [0.25, 0.3) is 11.8 Å². The first-order valence-corrected chi connectivity index (χ1v) is 8.89. The number of aromatic nitrogens is 1. The van der Waals surface area contributed by atoms with Gasteiger partial charge in [0.05, 0.1) is 5.56 Å². The molecule has 1 aromatic heterocycles. The van der Waals surface area contributed by atoms with E-state index in [4.69, 9.17) is 0 Å². The second-order valence-corrected chi connectivity index (χ2v) is 6.56. The zero-order valence-corrected chi connectivity index (χ0v) is 14.5. The van der Waals surface area contributed by atoms with Crippen molar-refractivity contribution in [3.8, 4) is 0 Å². The summed E-state index contributed by atoms with van der Waals surface area (Å²) in [5.41, 5.74) is 0.899. The van der Waals surface area contributed by atoms with Gasteiger partial charge < -0.3 is 10.2 Å². The third-order valence-corrected chi connectivity index (χ3v) is 5.29. The van der Waals surface area contributed by atoms with Crippen molar-refractivity contribution in [1.82, 2.24) is 20.1 Å². The van der Waals surface area contributed by atoms with Crippen LogP contribution in [0.2, 0.25) is 0 Å². The highest BCUT2D eigenvalue weighted by Crippen LogP contribution is 2.30. The summed E-state index contributed by atoms with van der Waals surface area (Å²) in [6.45, 7) is 5.20. The van der Waals surface area contributed by atoms with E-state index in [0.717, 1.165) is 32.5 Å². The molecule has 2 saturated heterocycles. The molecule has 0 spiro atoms. The van der Waals surface area contributed by atoms with E-state index in [-0.39, 0.29) is 11.8 Å². The monoisotopic (exact) mass is 330 g/mol. The summed E-state index contributed by atoms with van der Waals surface area (Å²) in [7, 11) is 1.57. The summed E-state index contributed by atoms with van der Waals surface area (Å²) >= 11 is 0. The number of nitrogens with one attached hydrogen (secondary N) is 1. The summed E-state index contributed by atoms with van der Waals surface area (Å²) in [4.78, 5) is 33.1. The Bertz CT molecular complexity index is 602. The average molecular weight is 330 g/mol. The molecule has 6 heteroatoms. The standard InChI is InChI=1S/C18H26N4O2/c1-3-21-10-4-6-15(21)16-7-5-11-22(16)18(24)13-8-9-14(20-12-13)17(23)19-2/h8-9,12,15-16H,3-7,10-11H2,1-2H3,(H,19,23)/t15-,16-/m1/s1. The summed E-state index contributed by atoms with van der Waals surface area (Å²) < 4.78 is 0. The molecule has 2 aliphatic rings. The minimum Gasteiger partial charge on any atom is -0.354 e. The van der Waals surface area contributed by atoms with Crippen LogP contribution in [0.25, 0.3) is 0 Å². The van der Waals surface area contributed by atoms with E-state index < -0.39 is 0 Å². The molecule has 3 rings (SSSR count). The highest BCUT2D eigenvalue weighted by molar-refractivity contribution is 5.96. The quantitative estimate of drug-likeness (QED) is 0.909. The van der Waals surface area contributed by atoms with Crippen LogP contribution in [-0.2, 0) is 0 Å². The third kappa shape index (κ3) is 3.15. The maximum Gasteiger partial charge on any atom is 0.269 e. The van der Waals surface area contributed by atoms with Crippen molar-refractivity contribution < 1.29 is 9.59 Å². The lowest BCUT2D eigenvalue weighted by Gasteiger charge is -2.34. The molecule has 0 unspecified atom stereocenters. The highest BCUT2D eigenvalue weighted by Gasteiger charge is 2.39. The number of hydrogen-bond acceptors (Lipinski definition) is 4. The number of carbonyl (C=O) groups excluding carboxylic acids is 2. The summed E-state index contributed by atoms with van der Waals surface area (Å²) in [6.07, 6.45) is 6.06. The molecule has 0 aliphatic carbocycles. The van der Waals surface area contributed by atoms with Gasteiger partial charge in [-0.3, -0.25) is 19.5 Å². The van der Waals surface area contributed by atoms with Crippen LogP contribution in [0.15, 0.2) is 18.3 Å². The highest BCUT2D eigenvalue weighted by atomic mass is 16.2. The van der Waals surface area contributed by atoms with Crippen LogP contribution in [-0.4, -0.2) is 65.4 Å². The molecular weight excluding hydrogens is 304 g/mol. The maximum absolute atomic E-state index is 12.9. The van der Waals surface area contributed by atoms with E-state index in [2.05, 4.69) is 22.1 Å². The van der Waals surface area contributed by atoms with Crippen LogP contribution in [0.5, 0.6) is 0 Å². The van der Waals surface area contributed by atoms with Gasteiger partial charge in [-0.2, -0.15) is 0 Å². The Hall–Kier alpha value is -1.95. The summed E-state index contributed by atoms with van der Waals surface area (Å²) in [5, 5.41) is 2.54. The minimum absolute atomic E-state index is 0.0383. The van der Waals surface area contributed by atoms with Gasteiger partial charge in [0.2, 0.25) is 0 Å². The fourth-order valence-corrected chi connectivity index (χ4v) is 4.07. The first-order chi connectivity index (χ1) is 11.7. The third-order valence-electron chi connectivity index (χ3n) is 5.29. The van der Waals surface area contributed by atoms with Gasteiger partial charge in [0.1, 0.15) is 5.69 Å². The van der Waals surface area contributed by atoms with Gasteiger partial charge >= 0.3 is 0 Å². The van der Waals surface area contributed by atoms with Crippen LogP contribution >= 0.6 is 0 Å². The molecule has 0 saturated carbocycles. The van der Waals surface area contributed by atoms with Crippen LogP contribution in [0.3, 0.4) is 0 Å². The van der Waals surface area contributed by atoms with Gasteiger partial charge in [-0.25, -0.2) is 0 Å². The van der Waals surface area contributed by atoms with E-state index in [0.29, 0.717) is 23.3 Å². The average Bonchev–Trinajstić information content (AvgIpc) is 3.28. The number of rotatable bonds is 4. The van der Waals surface area contributed by atoms with E-state index in [1.807, 2.05) is 4.90 Å². The molecule has 0 aromatic carbocycles. The van der Waals surface area contributed by atoms with Crippen molar-refractivity contribution in [3.05, 3.63) is 29.6 Å². The number of likely N-dealkylation sites (N-methyl/N-ethyl adjacent to an activating group) is 1. The summed E-state index contributed by atoms with van der Waals surface area (Å²) in [6, 6.07) is 4.12. The molecule has 0 radical (unpaired) electrons.